The number of nitrogens with zero attached hydrogens (tertiary/aromatic N) is 1. The fourth-order valence-corrected chi connectivity index (χ4v) is 5.39. The molecule has 1 aromatic rings. The number of rotatable bonds is 2. The Morgan fingerprint density at radius 3 is 2.81 bits per heavy atom. The van der Waals surface area contributed by atoms with Gasteiger partial charge in [-0.05, 0) is 61.5 Å². The first-order valence-corrected chi connectivity index (χ1v) is 8.52. The lowest BCUT2D eigenvalue weighted by Crippen LogP contribution is -2.42. The Hall–Kier alpha value is -0.800. The molecule has 3 saturated carbocycles. The molecule has 4 rings (SSSR count). The van der Waals surface area contributed by atoms with Crippen LogP contribution in [-0.2, 0) is 0 Å². The van der Waals surface area contributed by atoms with Crippen molar-refractivity contribution in [2.24, 2.45) is 23.7 Å². The Bertz CT molecular complexity index is 592. The van der Waals surface area contributed by atoms with Crippen molar-refractivity contribution in [1.29, 1.82) is 0 Å². The molecule has 3 aliphatic rings. The van der Waals surface area contributed by atoms with Gasteiger partial charge in [-0.1, -0.05) is 29.6 Å². The summed E-state index contributed by atoms with van der Waals surface area (Å²) in [5, 5.41) is 3.82. The molecule has 0 radical (unpaired) electrons. The Labute approximate surface area is 134 Å². The quantitative estimate of drug-likeness (QED) is 0.837. The molecule has 1 heterocycles. The third-order valence-electron chi connectivity index (χ3n) is 5.77. The Morgan fingerprint density at radius 2 is 1.95 bits per heavy atom. The van der Waals surface area contributed by atoms with Crippen LogP contribution in [0.5, 0.6) is 0 Å². The summed E-state index contributed by atoms with van der Waals surface area (Å²) in [5.41, 5.74) is 0.245. The molecule has 1 aromatic heterocycles. The normalized spacial score (nSPS) is 36.8. The van der Waals surface area contributed by atoms with Gasteiger partial charge in [0, 0.05) is 6.04 Å². The predicted octanol–water partition coefficient (Wildman–Crippen LogP) is 3.94. The zero-order valence-electron chi connectivity index (χ0n) is 11.7. The second kappa shape index (κ2) is 5.13. The number of carbonyl (C=O) groups is 1. The molecular formula is C16H18Cl2N2O. The van der Waals surface area contributed by atoms with Gasteiger partial charge < -0.3 is 5.32 Å². The van der Waals surface area contributed by atoms with E-state index in [0.717, 1.165) is 24.2 Å². The smallest absolute Gasteiger partial charge is 0.271 e. The van der Waals surface area contributed by atoms with Gasteiger partial charge in [0.25, 0.3) is 5.91 Å². The van der Waals surface area contributed by atoms with Crippen molar-refractivity contribution >= 4 is 29.1 Å². The molecule has 3 nitrogen and oxygen atoms in total. The van der Waals surface area contributed by atoms with Crippen LogP contribution >= 0.6 is 23.2 Å². The number of hydrogen-bond donors (Lipinski definition) is 1. The maximum Gasteiger partial charge on any atom is 0.271 e. The van der Waals surface area contributed by atoms with E-state index in [9.17, 15) is 4.79 Å². The van der Waals surface area contributed by atoms with Gasteiger partial charge in [-0.3, -0.25) is 4.79 Å². The fourth-order valence-electron chi connectivity index (χ4n) is 5.05. The average molecular weight is 325 g/mol. The molecule has 21 heavy (non-hydrogen) atoms. The lowest BCUT2D eigenvalue weighted by Gasteiger charge is -2.32. The van der Waals surface area contributed by atoms with Crippen LogP contribution in [-0.4, -0.2) is 16.9 Å². The van der Waals surface area contributed by atoms with E-state index in [-0.39, 0.29) is 11.6 Å². The monoisotopic (exact) mass is 324 g/mol. The zero-order valence-corrected chi connectivity index (χ0v) is 13.2. The van der Waals surface area contributed by atoms with Crippen molar-refractivity contribution in [1.82, 2.24) is 10.3 Å². The van der Waals surface area contributed by atoms with E-state index in [1.165, 1.54) is 25.7 Å². The molecule has 3 fully saturated rings. The topological polar surface area (TPSA) is 42.0 Å². The number of nitrogens with one attached hydrogen (secondary N) is 1. The maximum atomic E-state index is 12.4. The number of carbonyl (C=O) groups excluding carboxylic acids is 1. The summed E-state index contributed by atoms with van der Waals surface area (Å²) in [6.07, 6.45) is 6.51. The minimum atomic E-state index is -0.186. The SMILES string of the molecule is O=C(N[C@@H]1C[C@H]2C[C@H]1[C@H]1CCC[C@@H]21)c1nc(Cl)ccc1Cl. The average Bonchev–Trinajstić information content (AvgIpc) is 3.13. The molecule has 0 spiro atoms. The lowest BCUT2D eigenvalue weighted by molar-refractivity contribution is 0.0896. The lowest BCUT2D eigenvalue weighted by atomic mass is 9.79. The van der Waals surface area contributed by atoms with Crippen LogP contribution in [0.1, 0.15) is 42.6 Å². The van der Waals surface area contributed by atoms with Crippen LogP contribution in [0.25, 0.3) is 0 Å². The Morgan fingerprint density at radius 1 is 1.14 bits per heavy atom. The van der Waals surface area contributed by atoms with Crippen LogP contribution < -0.4 is 5.32 Å². The van der Waals surface area contributed by atoms with Gasteiger partial charge in [-0.2, -0.15) is 0 Å². The van der Waals surface area contributed by atoms with Gasteiger partial charge in [0.15, 0.2) is 0 Å². The summed E-state index contributed by atoms with van der Waals surface area (Å²) < 4.78 is 0. The van der Waals surface area contributed by atoms with Crippen molar-refractivity contribution in [3.05, 3.63) is 28.0 Å². The highest BCUT2D eigenvalue weighted by molar-refractivity contribution is 6.34. The van der Waals surface area contributed by atoms with Gasteiger partial charge in [-0.15, -0.1) is 0 Å². The standard InChI is InChI=1S/C16H18Cl2N2O/c17-12-4-5-14(18)20-15(12)16(21)19-13-7-8-6-11(13)10-3-1-2-9(8)10/h4-5,8-11,13H,1-3,6-7H2,(H,19,21)/t8-,9+,10+,11+,13-/m1/s1. The summed E-state index contributed by atoms with van der Waals surface area (Å²) in [6.45, 7) is 0. The molecule has 0 aromatic carbocycles. The molecule has 5 atom stereocenters. The number of fused-ring (bicyclic) bond motifs is 5. The molecule has 112 valence electrons. The third kappa shape index (κ3) is 2.25. The van der Waals surface area contributed by atoms with E-state index in [4.69, 9.17) is 23.2 Å². The number of pyridine rings is 1. The highest BCUT2D eigenvalue weighted by Gasteiger charge is 2.54. The molecule has 2 bridgehead atoms. The minimum absolute atomic E-state index is 0.186. The highest BCUT2D eigenvalue weighted by Crippen LogP contribution is 2.58. The predicted molar refractivity (Wildman–Crippen MR) is 82.6 cm³/mol. The van der Waals surface area contributed by atoms with Crippen molar-refractivity contribution in [3.8, 4) is 0 Å². The molecule has 1 amide bonds. The summed E-state index contributed by atoms with van der Waals surface area (Å²) in [5.74, 6) is 3.04. The summed E-state index contributed by atoms with van der Waals surface area (Å²) in [4.78, 5) is 16.5. The first-order valence-electron chi connectivity index (χ1n) is 7.76. The zero-order chi connectivity index (χ0) is 14.6. The number of aromatic nitrogens is 1. The van der Waals surface area contributed by atoms with Crippen molar-refractivity contribution in [2.75, 3.05) is 0 Å². The van der Waals surface area contributed by atoms with E-state index in [0.29, 0.717) is 22.1 Å². The Kier molecular flexibility index (Phi) is 3.38. The van der Waals surface area contributed by atoms with Gasteiger partial charge in [0.1, 0.15) is 10.8 Å². The van der Waals surface area contributed by atoms with Crippen LogP contribution in [0, 0.1) is 23.7 Å². The largest absolute Gasteiger partial charge is 0.348 e. The van der Waals surface area contributed by atoms with Crippen LogP contribution in [0.2, 0.25) is 10.2 Å². The second-order valence-electron chi connectivity index (χ2n) is 6.70. The summed E-state index contributed by atoms with van der Waals surface area (Å²) in [7, 11) is 0. The van der Waals surface area contributed by atoms with Crippen LogP contribution in [0.4, 0.5) is 0 Å². The van der Waals surface area contributed by atoms with E-state index in [2.05, 4.69) is 10.3 Å². The van der Waals surface area contributed by atoms with Gasteiger partial charge in [0.2, 0.25) is 0 Å². The van der Waals surface area contributed by atoms with Gasteiger partial charge >= 0.3 is 0 Å². The second-order valence-corrected chi connectivity index (χ2v) is 7.49. The van der Waals surface area contributed by atoms with Crippen molar-refractivity contribution in [3.63, 3.8) is 0 Å². The Balaban J connectivity index is 1.50. The van der Waals surface area contributed by atoms with Crippen molar-refractivity contribution < 1.29 is 4.79 Å². The highest BCUT2D eigenvalue weighted by atomic mass is 35.5. The fraction of sp³-hybridized carbons (Fsp3) is 0.625. The van der Waals surface area contributed by atoms with Gasteiger partial charge in [0.05, 0.1) is 5.02 Å². The molecule has 0 unspecified atom stereocenters. The van der Waals surface area contributed by atoms with Crippen LogP contribution in [0.3, 0.4) is 0 Å². The van der Waals surface area contributed by atoms with E-state index in [1.807, 2.05) is 0 Å². The van der Waals surface area contributed by atoms with E-state index in [1.54, 1.807) is 12.1 Å². The summed E-state index contributed by atoms with van der Waals surface area (Å²) >= 11 is 11.9. The first kappa shape index (κ1) is 13.8. The molecule has 3 aliphatic carbocycles. The maximum absolute atomic E-state index is 12.4. The van der Waals surface area contributed by atoms with E-state index < -0.39 is 0 Å². The minimum Gasteiger partial charge on any atom is -0.348 e. The molecule has 0 aliphatic heterocycles. The molecule has 5 heteroatoms. The summed E-state index contributed by atoms with van der Waals surface area (Å²) in [6, 6.07) is 3.51. The van der Waals surface area contributed by atoms with E-state index >= 15 is 0 Å². The van der Waals surface area contributed by atoms with Crippen molar-refractivity contribution in [2.45, 2.75) is 38.1 Å². The van der Waals surface area contributed by atoms with Crippen LogP contribution in [0.15, 0.2) is 12.1 Å². The molecular weight excluding hydrogens is 307 g/mol. The molecule has 1 N–H and O–H groups in total. The first-order chi connectivity index (χ1) is 10.1. The molecule has 0 saturated heterocycles. The number of halogens is 2. The number of hydrogen-bond acceptors (Lipinski definition) is 2. The van der Waals surface area contributed by atoms with Gasteiger partial charge in [-0.25, -0.2) is 4.98 Å². The third-order valence-corrected chi connectivity index (χ3v) is 6.29. The number of amides is 1.